The number of piperidine rings is 1. The number of piperazine rings is 1. The van der Waals surface area contributed by atoms with Crippen molar-refractivity contribution in [2.75, 3.05) is 51.1 Å². The molecule has 1 aromatic heterocycles. The summed E-state index contributed by atoms with van der Waals surface area (Å²) in [5.74, 6) is -5.79. The van der Waals surface area contributed by atoms with Crippen molar-refractivity contribution in [2.24, 2.45) is 27.7 Å². The van der Waals surface area contributed by atoms with E-state index in [9.17, 15) is 39.6 Å². The molecule has 1 unspecified atom stereocenters. The van der Waals surface area contributed by atoms with Crippen LogP contribution in [0.4, 0.5) is 5.69 Å². The molecule has 2 amide bonds. The average Bonchev–Trinajstić information content (AvgIpc) is 3.85. The topological polar surface area (TPSA) is 236 Å². The summed E-state index contributed by atoms with van der Waals surface area (Å²) in [6.45, 7) is 17.5. The summed E-state index contributed by atoms with van der Waals surface area (Å²) >= 11 is 0. The molecule has 2 aromatic carbocycles. The fourth-order valence-corrected chi connectivity index (χ4v) is 10.3. The Morgan fingerprint density at radius 3 is 2.38 bits per heavy atom. The predicted molar refractivity (Wildman–Crippen MR) is 267 cm³/mol. The molecule has 18 heteroatoms. The molecule has 0 saturated carbocycles. The third-order valence-electron chi connectivity index (χ3n) is 14.7. The van der Waals surface area contributed by atoms with Crippen LogP contribution in [0.2, 0.25) is 0 Å². The molecule has 2 saturated heterocycles. The highest BCUT2D eigenvalue weighted by Crippen LogP contribution is 2.50. The van der Waals surface area contributed by atoms with Gasteiger partial charge in [0.05, 0.1) is 40.5 Å². The summed E-state index contributed by atoms with van der Waals surface area (Å²) in [5.41, 5.74) is 0.339. The quantitative estimate of drug-likeness (QED) is 0.122. The average molecular weight is 992 g/mol. The molecule has 6 aliphatic rings. The number of Topliss-reactive ketones (excluding diaryl/α,β-unsaturated/α-hetero) is 1. The molecule has 9 rings (SSSR count). The lowest BCUT2D eigenvalue weighted by Gasteiger charge is -2.36. The van der Waals surface area contributed by atoms with Crippen molar-refractivity contribution in [3.63, 3.8) is 0 Å². The minimum atomic E-state index is -1.94. The van der Waals surface area contributed by atoms with E-state index in [-0.39, 0.29) is 80.5 Å². The number of aliphatic hydroxyl groups excluding tert-OH is 2. The zero-order valence-electron chi connectivity index (χ0n) is 42.4. The molecule has 3 aromatic rings. The third kappa shape index (κ3) is 10.9. The van der Waals surface area contributed by atoms with Gasteiger partial charge in [0.1, 0.15) is 35.1 Å². The van der Waals surface area contributed by atoms with E-state index in [1.807, 2.05) is 18.2 Å². The van der Waals surface area contributed by atoms with E-state index in [4.69, 9.17) is 24.2 Å². The van der Waals surface area contributed by atoms with Crippen LogP contribution in [-0.2, 0) is 30.4 Å². The Labute approximate surface area is 419 Å². The number of hydrogen-bond acceptors (Lipinski definition) is 16. The number of rotatable bonds is 7. The summed E-state index contributed by atoms with van der Waals surface area (Å²) in [7, 11) is 0. The second kappa shape index (κ2) is 21.5. The van der Waals surface area contributed by atoms with Crippen LogP contribution in [0.15, 0.2) is 70.5 Å². The van der Waals surface area contributed by atoms with Crippen molar-refractivity contribution in [1.29, 1.82) is 0 Å². The number of anilines is 1. The Bertz CT molecular complexity index is 2800. The Hall–Kier alpha value is -6.21. The number of carbonyl (C=O) groups excluding carboxylic acids is 4. The smallest absolute Gasteiger partial charge is 0.315 e. The van der Waals surface area contributed by atoms with Crippen LogP contribution in [0.1, 0.15) is 102 Å². The first kappa shape index (κ1) is 52.1. The lowest BCUT2D eigenvalue weighted by molar-refractivity contribution is -0.155. The predicted octanol–water partition coefficient (Wildman–Crippen LogP) is 4.74. The molecule has 6 atom stereocenters. The fourth-order valence-electron chi connectivity index (χ4n) is 10.3. The van der Waals surface area contributed by atoms with Crippen LogP contribution in [0.5, 0.6) is 17.2 Å². The van der Waals surface area contributed by atoms with Gasteiger partial charge in [0.2, 0.25) is 5.91 Å². The number of ether oxygens (including phenoxy) is 3. The first-order chi connectivity index (χ1) is 34.3. The Balaban J connectivity index is 1.08. The van der Waals surface area contributed by atoms with Crippen molar-refractivity contribution < 1.29 is 53.8 Å². The van der Waals surface area contributed by atoms with Gasteiger partial charge in [-0.2, -0.15) is 0 Å². The lowest BCUT2D eigenvalue weighted by Crippen LogP contribution is -2.48. The molecule has 5 N–H and O–H groups in total. The van der Waals surface area contributed by atoms with Crippen molar-refractivity contribution in [1.82, 2.24) is 19.7 Å². The normalized spacial score (nSPS) is 27.8. The highest BCUT2D eigenvalue weighted by atomic mass is 16.7. The molecule has 18 nitrogen and oxygen atoms in total. The Morgan fingerprint density at radius 2 is 1.68 bits per heavy atom. The maximum absolute atomic E-state index is 14.7. The summed E-state index contributed by atoms with van der Waals surface area (Å²) in [4.78, 5) is 76.4. The van der Waals surface area contributed by atoms with E-state index in [0.29, 0.717) is 64.6 Å². The maximum Gasteiger partial charge on any atom is 0.315 e. The zero-order valence-corrected chi connectivity index (χ0v) is 42.4. The summed E-state index contributed by atoms with van der Waals surface area (Å²) in [5, 5.41) is 50.2. The molecule has 5 bridgehead atoms. The van der Waals surface area contributed by atoms with Crippen LogP contribution in [-0.4, -0.2) is 139 Å². The Morgan fingerprint density at radius 1 is 0.958 bits per heavy atom. The highest BCUT2D eigenvalue weighted by molar-refractivity contribution is 6.19. The van der Waals surface area contributed by atoms with E-state index in [2.05, 4.69) is 33.9 Å². The van der Waals surface area contributed by atoms with E-state index >= 15 is 0 Å². The molecule has 386 valence electrons. The first-order valence-electron chi connectivity index (χ1n) is 25.2. The third-order valence-corrected chi connectivity index (χ3v) is 14.7. The van der Waals surface area contributed by atoms with Crippen molar-refractivity contribution in [2.45, 2.75) is 123 Å². The highest BCUT2D eigenvalue weighted by Gasteiger charge is 2.50. The monoisotopic (exact) mass is 992 g/mol. The number of hydrogen-bond donors (Lipinski definition) is 5. The van der Waals surface area contributed by atoms with Gasteiger partial charge in [0, 0.05) is 113 Å². The van der Waals surface area contributed by atoms with E-state index in [0.717, 1.165) is 12.2 Å². The molecule has 2 fully saturated rings. The number of phenols is 2. The number of fused-ring (bicyclic) bond motifs is 13. The van der Waals surface area contributed by atoms with Crippen LogP contribution in [0.25, 0.3) is 10.8 Å². The van der Waals surface area contributed by atoms with E-state index < -0.39 is 71.4 Å². The number of nitrogens with zero attached hydrogens (tertiary/aromatic N) is 6. The van der Waals surface area contributed by atoms with Gasteiger partial charge in [-0.1, -0.05) is 52.0 Å². The van der Waals surface area contributed by atoms with Crippen molar-refractivity contribution in [3.8, 4) is 17.2 Å². The molecular formula is C54H69N7O11. The number of allylic oxidation sites excluding steroid dienone is 3. The van der Waals surface area contributed by atoms with Gasteiger partial charge in [0.15, 0.2) is 11.4 Å². The molecule has 7 heterocycles. The zero-order chi connectivity index (χ0) is 51.6. The van der Waals surface area contributed by atoms with Gasteiger partial charge in [-0.25, -0.2) is 0 Å². The summed E-state index contributed by atoms with van der Waals surface area (Å²) < 4.78 is 18.3. The van der Waals surface area contributed by atoms with Gasteiger partial charge in [-0.3, -0.25) is 39.0 Å². The SMILES string of the molecule is C/C1=C/C=C/C(C)[C@H](O)[C@@H](C)[C@@H](O)C[C@H](OC(=O)CC(=O)N2CCN(Cc3ccccn3)CC2)CC/C=C/O[C@@]2(C)Oc3c(C)c(O)c4c(O)c(c5c(c4c3C2=O)=NC2(CCN(CC(C)C)CC2)N=5)NC1=O. The largest absolute Gasteiger partial charge is 0.507 e. The number of aromatic nitrogens is 1. The standard InChI is InChI=1S/C54H69N7O11/c1-31(2)29-59-20-17-54(18-21-59)57-44-41-42-48(66)35(6)50-43(41)51(68)53(7,72-50)70-26-11-9-16-37(71-40(64)28-39(63)61-24-22-60(23-25-61)30-36-15-8-10-19-55-36)27-38(62)34(5)47(65)32(3)13-12-14-33(4)52(69)56-46(49(42)67)45(44)58-54/h8,10-15,19,26,31-32,34,37-38,47,62,65-67H,9,16-18,20-25,27-30H2,1-7H3,(H,56,69)/b13-12+,26-11+,33-14-/t32?,34-,37+,38-,47-,53-/m0/s1. The number of pyridine rings is 1. The van der Waals surface area contributed by atoms with Gasteiger partial charge < -0.3 is 49.8 Å². The first-order valence-corrected chi connectivity index (χ1v) is 25.2. The van der Waals surface area contributed by atoms with Crippen LogP contribution in [0, 0.1) is 24.7 Å². The molecule has 0 aliphatic carbocycles. The second-order valence-corrected chi connectivity index (χ2v) is 20.7. The van der Waals surface area contributed by atoms with Crippen LogP contribution >= 0.6 is 0 Å². The number of benzene rings is 2. The minimum absolute atomic E-state index is 0.0387. The van der Waals surface area contributed by atoms with E-state index in [1.54, 1.807) is 63.1 Å². The van der Waals surface area contributed by atoms with Gasteiger partial charge in [-0.15, -0.1) is 0 Å². The summed E-state index contributed by atoms with van der Waals surface area (Å²) in [6.07, 6.45) is 7.47. The number of nitrogens with one attached hydrogen (secondary N) is 1. The van der Waals surface area contributed by atoms with Crippen LogP contribution < -0.4 is 20.8 Å². The number of carbonyl (C=O) groups is 4. The number of likely N-dealkylation sites (tertiary alicyclic amines) is 1. The molecule has 1 spiro atoms. The minimum Gasteiger partial charge on any atom is -0.507 e. The lowest BCUT2D eigenvalue weighted by atomic mass is 9.86. The van der Waals surface area contributed by atoms with Gasteiger partial charge in [0.25, 0.3) is 11.7 Å². The fraction of sp³-hybridized carbons (Fsp3) is 0.537. The van der Waals surface area contributed by atoms with Gasteiger partial charge in [-0.05, 0) is 50.8 Å². The second-order valence-electron chi connectivity index (χ2n) is 20.7. The molecule has 72 heavy (non-hydrogen) atoms. The number of aliphatic hydroxyl groups is 2. The number of amides is 2. The van der Waals surface area contributed by atoms with Crippen molar-refractivity contribution >= 4 is 40.0 Å². The molecule has 0 radical (unpaired) electrons. The van der Waals surface area contributed by atoms with Crippen molar-refractivity contribution in [3.05, 3.63) is 88.1 Å². The Kier molecular flexibility index (Phi) is 15.5. The molecular weight excluding hydrogens is 923 g/mol. The number of aromatic hydroxyl groups is 2. The number of phenolic OH excluding ortho intramolecular Hbond substituents is 2. The maximum atomic E-state index is 14.7. The van der Waals surface area contributed by atoms with Crippen LogP contribution in [0.3, 0.4) is 0 Å². The van der Waals surface area contributed by atoms with E-state index in [1.165, 1.54) is 13.2 Å². The number of ketones is 1. The number of esters is 1. The summed E-state index contributed by atoms with van der Waals surface area (Å²) in [6, 6.07) is 5.75. The van der Waals surface area contributed by atoms with Gasteiger partial charge >= 0.3 is 11.8 Å². The molecule has 6 aliphatic heterocycles.